The summed E-state index contributed by atoms with van der Waals surface area (Å²) in [5, 5.41) is 8.05. The first-order chi connectivity index (χ1) is 16.4. The van der Waals surface area contributed by atoms with Crippen LogP contribution in [-0.4, -0.2) is 32.0 Å². The minimum atomic E-state index is -0.492. The van der Waals surface area contributed by atoms with Gasteiger partial charge in [-0.2, -0.15) is 5.10 Å². The van der Waals surface area contributed by atoms with Crippen molar-refractivity contribution in [1.29, 1.82) is 0 Å². The number of benzene rings is 2. The first-order valence-corrected chi connectivity index (χ1v) is 11.7. The van der Waals surface area contributed by atoms with Crippen molar-refractivity contribution in [3.05, 3.63) is 93.9 Å². The molecule has 0 bridgehead atoms. The summed E-state index contributed by atoms with van der Waals surface area (Å²) in [5.41, 5.74) is 9.74. The molecule has 2 heterocycles. The summed E-state index contributed by atoms with van der Waals surface area (Å²) in [6, 6.07) is 16.1. The Bertz CT molecular complexity index is 1300. The number of nitrogens with zero attached hydrogens (tertiary/aromatic N) is 3. The highest BCUT2D eigenvalue weighted by molar-refractivity contribution is 7.98. The molecule has 0 aliphatic carbocycles. The lowest BCUT2D eigenvalue weighted by molar-refractivity contribution is 0.0847. The molecule has 34 heavy (non-hydrogen) atoms. The number of aromatic nitrogens is 4. The minimum Gasteiger partial charge on any atom is -0.277 e. The van der Waals surface area contributed by atoms with Crippen molar-refractivity contribution >= 4 is 35.2 Å². The molecule has 8 nitrogen and oxygen atoms in total. The number of nitrogens with one attached hydrogen (secondary N) is 3. The van der Waals surface area contributed by atoms with Gasteiger partial charge in [-0.3, -0.25) is 25.5 Å². The molecule has 0 atom stereocenters. The molecule has 4 aromatic rings. The second-order valence-electron chi connectivity index (χ2n) is 7.49. The topological polar surface area (TPSA) is 113 Å². The standard InChI is InChI=1S/C24H21ClN6O2S/c1-14-11-15(2)28-24(27-14)34-13-16-3-5-18(6-4-16)22(32)30-31-23(33)20-12-26-29-21(20)17-7-9-19(25)10-8-17/h3-12H,13H2,1-2H3,(H,26,29)(H,30,32)(H,31,33). The Morgan fingerprint density at radius 1 is 0.941 bits per heavy atom. The SMILES string of the molecule is Cc1cc(C)nc(SCc2ccc(C(=O)NNC(=O)c3cn[nH]c3-c3ccc(Cl)cc3)cc2)n1. The quantitative estimate of drug-likeness (QED) is 0.207. The summed E-state index contributed by atoms with van der Waals surface area (Å²) in [7, 11) is 0. The van der Waals surface area contributed by atoms with Crippen LogP contribution < -0.4 is 10.9 Å². The first kappa shape index (κ1) is 23.5. The summed E-state index contributed by atoms with van der Waals surface area (Å²) >= 11 is 7.46. The number of carbonyl (C=O) groups is 2. The van der Waals surface area contributed by atoms with Gasteiger partial charge in [0.05, 0.1) is 17.5 Å². The maximum absolute atomic E-state index is 12.6. The number of thioether (sulfide) groups is 1. The van der Waals surface area contributed by atoms with E-state index >= 15 is 0 Å². The molecule has 3 N–H and O–H groups in total. The number of carbonyl (C=O) groups excluding carboxylic acids is 2. The van der Waals surface area contributed by atoms with Gasteiger partial charge in [-0.25, -0.2) is 9.97 Å². The second kappa shape index (κ2) is 10.5. The number of rotatable bonds is 6. The van der Waals surface area contributed by atoms with E-state index in [4.69, 9.17) is 11.6 Å². The third kappa shape index (κ3) is 5.81. The molecule has 0 fully saturated rings. The van der Waals surface area contributed by atoms with E-state index in [1.165, 1.54) is 18.0 Å². The van der Waals surface area contributed by atoms with Crippen LogP contribution in [0, 0.1) is 13.8 Å². The Hall–Kier alpha value is -3.69. The predicted octanol–water partition coefficient (Wildman–Crippen LogP) is 4.50. The van der Waals surface area contributed by atoms with E-state index in [-0.39, 0.29) is 0 Å². The highest BCUT2D eigenvalue weighted by Gasteiger charge is 2.16. The molecule has 0 unspecified atom stereocenters. The lowest BCUT2D eigenvalue weighted by Gasteiger charge is -2.09. The number of H-pyrrole nitrogens is 1. The fourth-order valence-electron chi connectivity index (χ4n) is 3.21. The number of halogens is 1. The highest BCUT2D eigenvalue weighted by atomic mass is 35.5. The predicted molar refractivity (Wildman–Crippen MR) is 131 cm³/mol. The molecule has 0 spiro atoms. The van der Waals surface area contributed by atoms with Crippen LogP contribution >= 0.6 is 23.4 Å². The summed E-state index contributed by atoms with van der Waals surface area (Å²) in [6.07, 6.45) is 1.40. The molecule has 2 aromatic heterocycles. The molecule has 0 radical (unpaired) electrons. The molecule has 2 aromatic carbocycles. The van der Waals surface area contributed by atoms with Gasteiger partial charge in [0.15, 0.2) is 5.16 Å². The van der Waals surface area contributed by atoms with Crippen molar-refractivity contribution < 1.29 is 9.59 Å². The fourth-order valence-corrected chi connectivity index (χ4v) is 4.24. The minimum absolute atomic E-state index is 0.295. The van der Waals surface area contributed by atoms with Gasteiger partial charge in [0.2, 0.25) is 0 Å². The number of hydrogen-bond acceptors (Lipinski definition) is 6. The molecular formula is C24H21ClN6O2S. The Kier molecular flexibility index (Phi) is 7.24. The van der Waals surface area contributed by atoms with E-state index < -0.39 is 11.8 Å². The molecular weight excluding hydrogens is 472 g/mol. The summed E-state index contributed by atoms with van der Waals surface area (Å²) < 4.78 is 0. The number of aryl methyl sites for hydroxylation is 2. The number of hydrazine groups is 1. The van der Waals surface area contributed by atoms with Crippen molar-refractivity contribution in [2.45, 2.75) is 24.8 Å². The van der Waals surface area contributed by atoms with Crippen LogP contribution in [0.2, 0.25) is 5.02 Å². The first-order valence-electron chi connectivity index (χ1n) is 10.3. The average molecular weight is 493 g/mol. The lowest BCUT2D eigenvalue weighted by Crippen LogP contribution is -2.41. The zero-order chi connectivity index (χ0) is 24.1. The molecule has 0 saturated heterocycles. The number of hydrogen-bond donors (Lipinski definition) is 3. The Labute approximate surface area is 205 Å². The zero-order valence-corrected chi connectivity index (χ0v) is 20.0. The Morgan fingerprint density at radius 2 is 1.59 bits per heavy atom. The summed E-state index contributed by atoms with van der Waals surface area (Å²) in [5.74, 6) is -0.245. The van der Waals surface area contributed by atoms with E-state index in [1.54, 1.807) is 36.4 Å². The van der Waals surface area contributed by atoms with Crippen LogP contribution in [0.15, 0.2) is 66.0 Å². The van der Waals surface area contributed by atoms with Crippen LogP contribution in [0.1, 0.15) is 37.7 Å². The smallest absolute Gasteiger partial charge is 0.273 e. The maximum atomic E-state index is 12.6. The van der Waals surface area contributed by atoms with Gasteiger partial charge in [0, 0.05) is 33.3 Å². The van der Waals surface area contributed by atoms with E-state index in [2.05, 4.69) is 31.0 Å². The van der Waals surface area contributed by atoms with Gasteiger partial charge in [0.1, 0.15) is 0 Å². The van der Waals surface area contributed by atoms with Crippen LogP contribution in [-0.2, 0) is 5.75 Å². The molecule has 0 saturated carbocycles. The molecule has 4 rings (SSSR count). The van der Waals surface area contributed by atoms with Gasteiger partial charge >= 0.3 is 0 Å². The van der Waals surface area contributed by atoms with Crippen molar-refractivity contribution in [3.63, 3.8) is 0 Å². The molecule has 2 amide bonds. The van der Waals surface area contributed by atoms with Crippen LogP contribution in [0.4, 0.5) is 0 Å². The van der Waals surface area contributed by atoms with Crippen LogP contribution in [0.25, 0.3) is 11.3 Å². The largest absolute Gasteiger partial charge is 0.277 e. The van der Waals surface area contributed by atoms with Crippen molar-refractivity contribution in [3.8, 4) is 11.3 Å². The normalized spacial score (nSPS) is 10.7. The van der Waals surface area contributed by atoms with Crippen molar-refractivity contribution in [1.82, 2.24) is 31.0 Å². The van der Waals surface area contributed by atoms with Gasteiger partial charge in [-0.15, -0.1) is 0 Å². The van der Waals surface area contributed by atoms with E-state index in [1.807, 2.05) is 32.0 Å². The maximum Gasteiger partial charge on any atom is 0.273 e. The van der Waals surface area contributed by atoms with Crippen molar-refractivity contribution in [2.24, 2.45) is 0 Å². The van der Waals surface area contributed by atoms with Gasteiger partial charge in [-0.05, 0) is 49.7 Å². The number of aromatic amines is 1. The molecule has 0 aliphatic rings. The molecule has 172 valence electrons. The molecule has 0 aliphatic heterocycles. The van der Waals surface area contributed by atoms with E-state index in [0.29, 0.717) is 27.6 Å². The van der Waals surface area contributed by atoms with Crippen LogP contribution in [0.5, 0.6) is 0 Å². The Morgan fingerprint density at radius 3 is 2.26 bits per heavy atom. The average Bonchev–Trinajstić information content (AvgIpc) is 3.31. The van der Waals surface area contributed by atoms with E-state index in [9.17, 15) is 9.59 Å². The monoisotopic (exact) mass is 492 g/mol. The number of amides is 2. The summed E-state index contributed by atoms with van der Waals surface area (Å²) in [4.78, 5) is 33.9. The van der Waals surface area contributed by atoms with Gasteiger partial charge < -0.3 is 0 Å². The highest BCUT2D eigenvalue weighted by Crippen LogP contribution is 2.23. The summed E-state index contributed by atoms with van der Waals surface area (Å²) in [6.45, 7) is 3.88. The third-order valence-electron chi connectivity index (χ3n) is 4.85. The Balaban J connectivity index is 1.33. The zero-order valence-electron chi connectivity index (χ0n) is 18.4. The third-order valence-corrected chi connectivity index (χ3v) is 6.02. The van der Waals surface area contributed by atoms with Crippen molar-refractivity contribution in [2.75, 3.05) is 0 Å². The van der Waals surface area contributed by atoms with Gasteiger partial charge in [-0.1, -0.05) is 47.6 Å². The van der Waals surface area contributed by atoms with Gasteiger partial charge in [0.25, 0.3) is 11.8 Å². The lowest BCUT2D eigenvalue weighted by atomic mass is 10.1. The molecule has 10 heteroatoms. The van der Waals surface area contributed by atoms with Crippen LogP contribution in [0.3, 0.4) is 0 Å². The van der Waals surface area contributed by atoms with E-state index in [0.717, 1.165) is 27.7 Å². The second-order valence-corrected chi connectivity index (χ2v) is 8.87. The fraction of sp³-hybridized carbons (Fsp3) is 0.125.